The van der Waals surface area contributed by atoms with Gasteiger partial charge in [0.05, 0.1) is 16.9 Å². The van der Waals surface area contributed by atoms with Crippen molar-refractivity contribution in [2.24, 2.45) is 0 Å². The second-order valence-electron chi connectivity index (χ2n) is 6.72. The van der Waals surface area contributed by atoms with E-state index in [9.17, 15) is 0 Å². The molecule has 122 valence electrons. The highest BCUT2D eigenvalue weighted by Crippen LogP contribution is 2.21. The SMILES string of the molecule is C[C@@H]1CCCN1CCc1ccc2nc(-c3ccccn3)ccc2c1. The van der Waals surface area contributed by atoms with Gasteiger partial charge in [0.2, 0.25) is 0 Å². The van der Waals surface area contributed by atoms with Gasteiger partial charge in [0.25, 0.3) is 0 Å². The third-order valence-electron chi connectivity index (χ3n) is 5.06. The minimum absolute atomic E-state index is 0.744. The van der Waals surface area contributed by atoms with E-state index >= 15 is 0 Å². The number of hydrogen-bond donors (Lipinski definition) is 0. The third kappa shape index (κ3) is 3.17. The quantitative estimate of drug-likeness (QED) is 0.717. The van der Waals surface area contributed by atoms with Crippen LogP contribution in [0.25, 0.3) is 22.3 Å². The van der Waals surface area contributed by atoms with Crippen LogP contribution in [0.1, 0.15) is 25.3 Å². The number of aromatic nitrogens is 2. The molecule has 0 spiro atoms. The molecule has 24 heavy (non-hydrogen) atoms. The Labute approximate surface area is 143 Å². The number of rotatable bonds is 4. The Hall–Kier alpha value is -2.26. The minimum atomic E-state index is 0.744. The number of benzene rings is 1. The molecule has 1 atom stereocenters. The zero-order valence-electron chi connectivity index (χ0n) is 14.2. The summed E-state index contributed by atoms with van der Waals surface area (Å²) >= 11 is 0. The molecule has 0 N–H and O–H groups in total. The number of fused-ring (bicyclic) bond motifs is 1. The van der Waals surface area contributed by atoms with E-state index in [4.69, 9.17) is 4.98 Å². The maximum atomic E-state index is 4.76. The van der Waals surface area contributed by atoms with Crippen molar-refractivity contribution in [3.63, 3.8) is 0 Å². The first-order valence-electron chi connectivity index (χ1n) is 8.85. The molecule has 3 nitrogen and oxygen atoms in total. The monoisotopic (exact) mass is 317 g/mol. The lowest BCUT2D eigenvalue weighted by Crippen LogP contribution is -2.28. The third-order valence-corrected chi connectivity index (χ3v) is 5.06. The summed E-state index contributed by atoms with van der Waals surface area (Å²) in [6.45, 7) is 4.76. The molecule has 0 radical (unpaired) electrons. The Balaban J connectivity index is 1.53. The molecule has 0 aliphatic carbocycles. The lowest BCUT2D eigenvalue weighted by Gasteiger charge is -2.20. The molecule has 4 rings (SSSR count). The predicted molar refractivity (Wildman–Crippen MR) is 98.9 cm³/mol. The van der Waals surface area contributed by atoms with Gasteiger partial charge < -0.3 is 4.90 Å². The molecule has 1 fully saturated rings. The van der Waals surface area contributed by atoms with Crippen LogP contribution in [0.2, 0.25) is 0 Å². The Morgan fingerprint density at radius 2 is 2.04 bits per heavy atom. The first kappa shape index (κ1) is 15.3. The van der Waals surface area contributed by atoms with E-state index in [-0.39, 0.29) is 0 Å². The Morgan fingerprint density at radius 3 is 2.83 bits per heavy atom. The Bertz CT molecular complexity index is 829. The summed E-state index contributed by atoms with van der Waals surface area (Å²) < 4.78 is 0. The van der Waals surface area contributed by atoms with E-state index in [0.717, 1.165) is 35.9 Å². The van der Waals surface area contributed by atoms with Gasteiger partial charge in [-0.15, -0.1) is 0 Å². The van der Waals surface area contributed by atoms with E-state index in [2.05, 4.69) is 47.1 Å². The van der Waals surface area contributed by atoms with Gasteiger partial charge >= 0.3 is 0 Å². The second kappa shape index (κ2) is 6.70. The highest BCUT2D eigenvalue weighted by atomic mass is 15.2. The summed E-state index contributed by atoms with van der Waals surface area (Å²) in [5.74, 6) is 0. The van der Waals surface area contributed by atoms with Crippen molar-refractivity contribution >= 4 is 10.9 Å². The van der Waals surface area contributed by atoms with Crippen molar-refractivity contribution in [1.82, 2.24) is 14.9 Å². The summed E-state index contributed by atoms with van der Waals surface area (Å²) in [4.78, 5) is 11.8. The van der Waals surface area contributed by atoms with Crippen LogP contribution in [0.15, 0.2) is 54.7 Å². The average Bonchev–Trinajstić information content (AvgIpc) is 3.05. The normalized spacial score (nSPS) is 18.3. The van der Waals surface area contributed by atoms with Crippen LogP contribution in [0.5, 0.6) is 0 Å². The maximum absolute atomic E-state index is 4.76. The molecule has 0 saturated carbocycles. The highest BCUT2D eigenvalue weighted by Gasteiger charge is 2.19. The molecule has 3 heterocycles. The zero-order chi connectivity index (χ0) is 16.4. The largest absolute Gasteiger partial charge is 0.300 e. The van der Waals surface area contributed by atoms with Gasteiger partial charge in [-0.1, -0.05) is 18.2 Å². The van der Waals surface area contributed by atoms with Crippen LogP contribution in [-0.4, -0.2) is 34.0 Å². The molecule has 1 saturated heterocycles. The Morgan fingerprint density at radius 1 is 1.08 bits per heavy atom. The maximum Gasteiger partial charge on any atom is 0.0893 e. The lowest BCUT2D eigenvalue weighted by atomic mass is 10.1. The van der Waals surface area contributed by atoms with Crippen molar-refractivity contribution in [2.75, 3.05) is 13.1 Å². The molecule has 3 heteroatoms. The topological polar surface area (TPSA) is 29.0 Å². The number of likely N-dealkylation sites (tertiary alicyclic amines) is 1. The minimum Gasteiger partial charge on any atom is -0.300 e. The van der Waals surface area contributed by atoms with Gasteiger partial charge in [0, 0.05) is 24.2 Å². The van der Waals surface area contributed by atoms with Gasteiger partial charge in [0.1, 0.15) is 0 Å². The van der Waals surface area contributed by atoms with E-state index in [0.29, 0.717) is 0 Å². The highest BCUT2D eigenvalue weighted by molar-refractivity contribution is 5.81. The fourth-order valence-electron chi connectivity index (χ4n) is 3.59. The fraction of sp³-hybridized carbons (Fsp3) is 0.333. The number of nitrogens with zero attached hydrogens (tertiary/aromatic N) is 3. The molecule has 1 aromatic carbocycles. The summed E-state index contributed by atoms with van der Waals surface area (Å²) in [5, 5.41) is 1.21. The molecule has 0 bridgehead atoms. The first-order chi connectivity index (χ1) is 11.8. The van der Waals surface area contributed by atoms with Crippen LogP contribution in [0.4, 0.5) is 0 Å². The molecule has 2 aromatic heterocycles. The molecule has 1 aliphatic rings. The standard InChI is InChI=1S/C21H23N3/c1-16-5-4-13-24(16)14-11-17-7-9-19-18(15-17)8-10-21(23-19)20-6-2-3-12-22-20/h2-3,6-10,12,15-16H,4-5,11,13-14H2,1H3/t16-/m1/s1. The van der Waals surface area contributed by atoms with Crippen molar-refractivity contribution in [3.8, 4) is 11.4 Å². The van der Waals surface area contributed by atoms with Gasteiger partial charge in [-0.25, -0.2) is 4.98 Å². The molecule has 0 amide bonds. The van der Waals surface area contributed by atoms with Crippen LogP contribution >= 0.6 is 0 Å². The van der Waals surface area contributed by atoms with Gasteiger partial charge in [-0.05, 0) is 68.6 Å². The lowest BCUT2D eigenvalue weighted by molar-refractivity contribution is 0.272. The fourth-order valence-corrected chi connectivity index (χ4v) is 3.59. The predicted octanol–water partition coefficient (Wildman–Crippen LogP) is 4.32. The van der Waals surface area contributed by atoms with E-state index in [1.165, 1.54) is 30.3 Å². The van der Waals surface area contributed by atoms with Crippen molar-refractivity contribution in [1.29, 1.82) is 0 Å². The molecule has 3 aromatic rings. The van der Waals surface area contributed by atoms with Crippen LogP contribution in [0.3, 0.4) is 0 Å². The summed E-state index contributed by atoms with van der Waals surface area (Å²) in [5.41, 5.74) is 4.29. The smallest absolute Gasteiger partial charge is 0.0893 e. The van der Waals surface area contributed by atoms with Crippen molar-refractivity contribution in [3.05, 3.63) is 60.3 Å². The second-order valence-corrected chi connectivity index (χ2v) is 6.72. The first-order valence-corrected chi connectivity index (χ1v) is 8.85. The average molecular weight is 317 g/mol. The zero-order valence-corrected chi connectivity index (χ0v) is 14.2. The molecular weight excluding hydrogens is 294 g/mol. The van der Waals surface area contributed by atoms with Crippen molar-refractivity contribution in [2.45, 2.75) is 32.2 Å². The van der Waals surface area contributed by atoms with Crippen LogP contribution in [-0.2, 0) is 6.42 Å². The van der Waals surface area contributed by atoms with Gasteiger partial charge in [-0.3, -0.25) is 4.98 Å². The van der Waals surface area contributed by atoms with Crippen LogP contribution < -0.4 is 0 Å². The molecule has 1 aliphatic heterocycles. The van der Waals surface area contributed by atoms with E-state index in [1.807, 2.05) is 24.4 Å². The summed E-state index contributed by atoms with van der Waals surface area (Å²) in [6, 6.07) is 17.5. The summed E-state index contributed by atoms with van der Waals surface area (Å²) in [6.07, 6.45) is 5.61. The van der Waals surface area contributed by atoms with E-state index < -0.39 is 0 Å². The summed E-state index contributed by atoms with van der Waals surface area (Å²) in [7, 11) is 0. The molecular formula is C21H23N3. The van der Waals surface area contributed by atoms with E-state index in [1.54, 1.807) is 0 Å². The van der Waals surface area contributed by atoms with Gasteiger partial charge in [0.15, 0.2) is 0 Å². The number of pyridine rings is 2. The Kier molecular flexibility index (Phi) is 4.26. The van der Waals surface area contributed by atoms with Gasteiger partial charge in [-0.2, -0.15) is 0 Å². The molecule has 0 unspecified atom stereocenters. The van der Waals surface area contributed by atoms with Crippen LogP contribution in [0, 0.1) is 0 Å². The van der Waals surface area contributed by atoms with Crippen molar-refractivity contribution < 1.29 is 0 Å². The number of hydrogen-bond acceptors (Lipinski definition) is 3.